The molecular formula is C10H9F5. The maximum Gasteiger partial charge on any atom is 0.458 e. The number of aryl methyl sites for hydroxylation is 1. The van der Waals surface area contributed by atoms with E-state index < -0.39 is 17.7 Å². The third-order valence-electron chi connectivity index (χ3n) is 2.05. The van der Waals surface area contributed by atoms with Crippen LogP contribution in [-0.4, -0.2) is 6.18 Å². The van der Waals surface area contributed by atoms with Crippen LogP contribution in [0.1, 0.15) is 18.1 Å². The first-order valence-electron chi connectivity index (χ1n) is 4.33. The molecule has 0 heterocycles. The number of benzene rings is 1. The van der Waals surface area contributed by atoms with Crippen LogP contribution in [0, 0.1) is 0 Å². The SMILES string of the molecule is CCc1cccc(C(F)(F)C(F)(F)F)c1. The molecule has 0 aliphatic rings. The van der Waals surface area contributed by atoms with Crippen molar-refractivity contribution in [2.24, 2.45) is 0 Å². The summed E-state index contributed by atoms with van der Waals surface area (Å²) >= 11 is 0. The summed E-state index contributed by atoms with van der Waals surface area (Å²) in [5, 5.41) is 0. The van der Waals surface area contributed by atoms with Crippen molar-refractivity contribution in [1.82, 2.24) is 0 Å². The molecule has 1 aromatic carbocycles. The highest BCUT2D eigenvalue weighted by Gasteiger charge is 2.58. The van der Waals surface area contributed by atoms with Gasteiger partial charge in [0.15, 0.2) is 0 Å². The van der Waals surface area contributed by atoms with Gasteiger partial charge in [-0.15, -0.1) is 0 Å². The van der Waals surface area contributed by atoms with Crippen molar-refractivity contribution < 1.29 is 22.0 Å². The molecule has 5 heteroatoms. The Kier molecular flexibility index (Phi) is 3.02. The van der Waals surface area contributed by atoms with E-state index in [9.17, 15) is 22.0 Å². The first-order valence-corrected chi connectivity index (χ1v) is 4.33. The van der Waals surface area contributed by atoms with Crippen molar-refractivity contribution in [2.75, 3.05) is 0 Å². The molecule has 0 bridgehead atoms. The molecule has 0 fully saturated rings. The molecule has 0 amide bonds. The Bertz CT molecular complexity index is 340. The standard InChI is InChI=1S/C10H9F5/c1-2-7-4-3-5-8(6-7)9(11,12)10(13,14)15/h3-6H,2H2,1H3. The molecule has 0 saturated heterocycles. The van der Waals surface area contributed by atoms with Gasteiger partial charge in [0.05, 0.1) is 0 Å². The van der Waals surface area contributed by atoms with E-state index in [1.54, 1.807) is 6.92 Å². The molecule has 0 nitrogen and oxygen atoms in total. The van der Waals surface area contributed by atoms with Gasteiger partial charge in [-0.2, -0.15) is 22.0 Å². The van der Waals surface area contributed by atoms with Crippen molar-refractivity contribution in [3.05, 3.63) is 35.4 Å². The number of rotatable bonds is 2. The lowest BCUT2D eigenvalue weighted by Crippen LogP contribution is -2.33. The van der Waals surface area contributed by atoms with Gasteiger partial charge >= 0.3 is 12.1 Å². The summed E-state index contributed by atoms with van der Waals surface area (Å²) in [6.45, 7) is 1.69. The molecule has 0 aromatic heterocycles. The molecule has 0 atom stereocenters. The Morgan fingerprint density at radius 1 is 1.07 bits per heavy atom. The Morgan fingerprint density at radius 3 is 2.13 bits per heavy atom. The Morgan fingerprint density at radius 2 is 1.67 bits per heavy atom. The highest BCUT2D eigenvalue weighted by atomic mass is 19.4. The monoisotopic (exact) mass is 224 g/mol. The maximum absolute atomic E-state index is 12.9. The Labute approximate surface area is 83.7 Å². The van der Waals surface area contributed by atoms with Gasteiger partial charge in [0.1, 0.15) is 0 Å². The predicted molar refractivity (Wildman–Crippen MR) is 45.8 cm³/mol. The van der Waals surface area contributed by atoms with Crippen LogP contribution in [0.25, 0.3) is 0 Å². The fourth-order valence-corrected chi connectivity index (χ4v) is 1.15. The van der Waals surface area contributed by atoms with Crippen molar-refractivity contribution in [3.8, 4) is 0 Å². The summed E-state index contributed by atoms with van der Waals surface area (Å²) in [6, 6.07) is 4.38. The van der Waals surface area contributed by atoms with E-state index in [0.29, 0.717) is 12.0 Å². The van der Waals surface area contributed by atoms with Crippen LogP contribution < -0.4 is 0 Å². The fraction of sp³-hybridized carbons (Fsp3) is 0.400. The number of alkyl halides is 5. The summed E-state index contributed by atoms with van der Waals surface area (Å²) in [5.41, 5.74) is -0.550. The summed E-state index contributed by atoms with van der Waals surface area (Å²) < 4.78 is 61.7. The van der Waals surface area contributed by atoms with Gasteiger partial charge in [0.2, 0.25) is 0 Å². The summed E-state index contributed by atoms with van der Waals surface area (Å²) in [6.07, 6.45) is -5.12. The second-order valence-corrected chi connectivity index (χ2v) is 3.13. The maximum atomic E-state index is 12.9. The minimum absolute atomic E-state index is 0.418. The zero-order chi connectivity index (χ0) is 11.7. The molecule has 0 saturated carbocycles. The average molecular weight is 224 g/mol. The van der Waals surface area contributed by atoms with Crippen LogP contribution >= 0.6 is 0 Å². The van der Waals surface area contributed by atoms with E-state index in [1.807, 2.05) is 0 Å². The molecule has 1 aromatic rings. The summed E-state index contributed by atoms with van der Waals surface area (Å²) in [7, 11) is 0. The highest BCUT2D eigenvalue weighted by Crippen LogP contribution is 2.43. The van der Waals surface area contributed by atoms with Crippen molar-refractivity contribution in [3.63, 3.8) is 0 Å². The molecule has 1 rings (SSSR count). The normalized spacial score (nSPS) is 12.9. The lowest BCUT2D eigenvalue weighted by atomic mass is 10.0. The van der Waals surface area contributed by atoms with E-state index in [1.165, 1.54) is 12.1 Å². The zero-order valence-corrected chi connectivity index (χ0v) is 7.91. The van der Waals surface area contributed by atoms with Crippen molar-refractivity contribution in [2.45, 2.75) is 25.4 Å². The minimum atomic E-state index is -5.54. The smallest absolute Gasteiger partial charge is 0.191 e. The molecule has 0 radical (unpaired) electrons. The highest BCUT2D eigenvalue weighted by molar-refractivity contribution is 5.27. The van der Waals surface area contributed by atoms with Gasteiger partial charge in [-0.1, -0.05) is 25.1 Å². The third-order valence-corrected chi connectivity index (χ3v) is 2.05. The third kappa shape index (κ3) is 2.27. The lowest BCUT2D eigenvalue weighted by molar-refractivity contribution is -0.289. The van der Waals surface area contributed by atoms with Gasteiger partial charge < -0.3 is 0 Å². The van der Waals surface area contributed by atoms with Crippen LogP contribution in [0.3, 0.4) is 0 Å². The second kappa shape index (κ2) is 3.79. The molecule has 0 aliphatic carbocycles. The molecule has 84 valence electrons. The van der Waals surface area contributed by atoms with E-state index >= 15 is 0 Å². The topological polar surface area (TPSA) is 0 Å². The van der Waals surface area contributed by atoms with Crippen molar-refractivity contribution >= 4 is 0 Å². The van der Waals surface area contributed by atoms with Crippen LogP contribution in [0.2, 0.25) is 0 Å². The number of halogens is 5. The van der Waals surface area contributed by atoms with Gasteiger partial charge in [-0.3, -0.25) is 0 Å². The van der Waals surface area contributed by atoms with Gasteiger partial charge in [0, 0.05) is 5.56 Å². The molecule has 0 N–H and O–H groups in total. The number of hydrogen-bond donors (Lipinski definition) is 0. The van der Waals surface area contributed by atoms with E-state index in [2.05, 4.69) is 0 Å². The van der Waals surface area contributed by atoms with Crippen molar-refractivity contribution in [1.29, 1.82) is 0 Å². The first kappa shape index (κ1) is 11.9. The lowest BCUT2D eigenvalue weighted by Gasteiger charge is -2.20. The fourth-order valence-electron chi connectivity index (χ4n) is 1.15. The second-order valence-electron chi connectivity index (χ2n) is 3.13. The van der Waals surface area contributed by atoms with E-state index in [4.69, 9.17) is 0 Å². The minimum Gasteiger partial charge on any atom is -0.191 e. The quantitative estimate of drug-likeness (QED) is 0.668. The molecule has 0 aliphatic heterocycles. The van der Waals surface area contributed by atoms with Crippen LogP contribution in [0.15, 0.2) is 24.3 Å². The van der Waals surface area contributed by atoms with E-state index in [-0.39, 0.29) is 0 Å². The first-order chi connectivity index (χ1) is 6.79. The largest absolute Gasteiger partial charge is 0.458 e. The molecule has 0 unspecified atom stereocenters. The summed E-state index contributed by atoms with van der Waals surface area (Å²) in [4.78, 5) is 0. The van der Waals surface area contributed by atoms with Gasteiger partial charge in [-0.05, 0) is 18.1 Å². The summed E-state index contributed by atoms with van der Waals surface area (Å²) in [5.74, 6) is -4.78. The van der Waals surface area contributed by atoms with Gasteiger partial charge in [-0.25, -0.2) is 0 Å². The zero-order valence-electron chi connectivity index (χ0n) is 7.91. The van der Waals surface area contributed by atoms with Crippen LogP contribution in [-0.2, 0) is 12.3 Å². The Balaban J connectivity index is 3.15. The predicted octanol–water partition coefficient (Wildman–Crippen LogP) is 3.90. The van der Waals surface area contributed by atoms with Crippen LogP contribution in [0.4, 0.5) is 22.0 Å². The molecule has 15 heavy (non-hydrogen) atoms. The van der Waals surface area contributed by atoms with Crippen LogP contribution in [0.5, 0.6) is 0 Å². The number of hydrogen-bond acceptors (Lipinski definition) is 0. The Hall–Kier alpha value is -1.13. The van der Waals surface area contributed by atoms with Gasteiger partial charge in [0.25, 0.3) is 0 Å². The molecule has 0 spiro atoms. The van der Waals surface area contributed by atoms with E-state index in [0.717, 1.165) is 12.1 Å². The molecular weight excluding hydrogens is 215 g/mol. The average Bonchev–Trinajstić information content (AvgIpc) is 2.16.